The van der Waals surface area contributed by atoms with E-state index in [1.54, 1.807) is 0 Å². The minimum Gasteiger partial charge on any atom is -0.381 e. The van der Waals surface area contributed by atoms with Gasteiger partial charge in [-0.2, -0.15) is 0 Å². The second-order valence-electron chi connectivity index (χ2n) is 4.54. The van der Waals surface area contributed by atoms with Crippen LogP contribution < -0.4 is 5.32 Å². The SMILES string of the molecule is CC(C)NCc1nnnn1CC1CCOC1. The normalized spacial score (nSPS) is 20.8. The van der Waals surface area contributed by atoms with Crippen LogP contribution in [0.1, 0.15) is 26.1 Å². The molecule has 1 atom stereocenters. The van der Waals surface area contributed by atoms with Gasteiger partial charge in [0.25, 0.3) is 0 Å². The molecule has 0 radical (unpaired) electrons. The Balaban J connectivity index is 1.90. The van der Waals surface area contributed by atoms with Crippen LogP contribution in [-0.4, -0.2) is 39.5 Å². The van der Waals surface area contributed by atoms with Gasteiger partial charge < -0.3 is 10.1 Å². The van der Waals surface area contributed by atoms with Crippen LogP contribution >= 0.6 is 0 Å². The van der Waals surface area contributed by atoms with Crippen LogP contribution in [0.5, 0.6) is 0 Å². The highest BCUT2D eigenvalue weighted by Gasteiger charge is 2.18. The van der Waals surface area contributed by atoms with Gasteiger partial charge in [0.05, 0.1) is 13.2 Å². The Morgan fingerprint density at radius 1 is 1.56 bits per heavy atom. The molecule has 0 bridgehead atoms. The van der Waals surface area contributed by atoms with Gasteiger partial charge in [-0.05, 0) is 16.8 Å². The number of tetrazole rings is 1. The molecule has 6 heteroatoms. The lowest BCUT2D eigenvalue weighted by molar-refractivity contribution is 0.181. The lowest BCUT2D eigenvalue weighted by Crippen LogP contribution is -2.25. The molecule has 0 saturated carbocycles. The first-order valence-corrected chi connectivity index (χ1v) is 5.82. The maximum Gasteiger partial charge on any atom is 0.165 e. The maximum atomic E-state index is 5.35. The summed E-state index contributed by atoms with van der Waals surface area (Å²) in [6.07, 6.45) is 1.11. The Morgan fingerprint density at radius 2 is 2.44 bits per heavy atom. The van der Waals surface area contributed by atoms with Crippen molar-refractivity contribution >= 4 is 0 Å². The highest BCUT2D eigenvalue weighted by Crippen LogP contribution is 2.14. The fraction of sp³-hybridized carbons (Fsp3) is 0.900. The summed E-state index contributed by atoms with van der Waals surface area (Å²) in [4.78, 5) is 0. The van der Waals surface area contributed by atoms with Gasteiger partial charge in [-0.25, -0.2) is 4.68 Å². The van der Waals surface area contributed by atoms with E-state index in [9.17, 15) is 0 Å². The number of ether oxygens (including phenoxy) is 1. The lowest BCUT2D eigenvalue weighted by Gasteiger charge is -2.10. The number of nitrogens with one attached hydrogen (secondary N) is 1. The van der Waals surface area contributed by atoms with Crippen LogP contribution in [0.3, 0.4) is 0 Å². The molecule has 90 valence electrons. The first-order chi connectivity index (χ1) is 7.75. The van der Waals surface area contributed by atoms with E-state index in [0.717, 1.165) is 38.5 Å². The van der Waals surface area contributed by atoms with Crippen LogP contribution in [0.25, 0.3) is 0 Å². The topological polar surface area (TPSA) is 64.9 Å². The molecule has 6 nitrogen and oxygen atoms in total. The molecule has 1 aromatic rings. The number of hydrogen-bond acceptors (Lipinski definition) is 5. The van der Waals surface area contributed by atoms with Crippen molar-refractivity contribution in [3.05, 3.63) is 5.82 Å². The van der Waals surface area contributed by atoms with E-state index in [1.807, 2.05) is 4.68 Å². The molecule has 0 spiro atoms. The molecule has 1 aliphatic heterocycles. The Labute approximate surface area is 95.4 Å². The quantitative estimate of drug-likeness (QED) is 0.776. The summed E-state index contributed by atoms with van der Waals surface area (Å²) in [5, 5.41) is 15.1. The Bertz CT molecular complexity index is 319. The molecule has 1 aliphatic rings. The van der Waals surface area contributed by atoms with Crippen molar-refractivity contribution in [3.8, 4) is 0 Å². The second-order valence-corrected chi connectivity index (χ2v) is 4.54. The van der Waals surface area contributed by atoms with Crippen LogP contribution in [0, 0.1) is 5.92 Å². The fourth-order valence-corrected chi connectivity index (χ4v) is 1.76. The first-order valence-electron chi connectivity index (χ1n) is 5.82. The zero-order valence-corrected chi connectivity index (χ0v) is 9.89. The zero-order chi connectivity index (χ0) is 11.4. The molecule has 2 heterocycles. The van der Waals surface area contributed by atoms with Crippen LogP contribution in [-0.2, 0) is 17.8 Å². The Kier molecular flexibility index (Phi) is 3.84. The molecule has 0 aromatic carbocycles. The molecular formula is C10H19N5O. The summed E-state index contributed by atoms with van der Waals surface area (Å²) >= 11 is 0. The van der Waals surface area contributed by atoms with Gasteiger partial charge in [0.15, 0.2) is 5.82 Å². The average Bonchev–Trinajstić information content (AvgIpc) is 2.87. The predicted molar refractivity (Wildman–Crippen MR) is 58.7 cm³/mol. The van der Waals surface area contributed by atoms with E-state index in [-0.39, 0.29) is 0 Å². The highest BCUT2D eigenvalue weighted by molar-refractivity contribution is 4.81. The van der Waals surface area contributed by atoms with Crippen LogP contribution in [0.15, 0.2) is 0 Å². The van der Waals surface area contributed by atoms with E-state index < -0.39 is 0 Å². The molecule has 1 fully saturated rings. The van der Waals surface area contributed by atoms with E-state index in [2.05, 4.69) is 34.7 Å². The third kappa shape index (κ3) is 2.99. The third-order valence-corrected chi connectivity index (χ3v) is 2.73. The maximum absolute atomic E-state index is 5.35. The first kappa shape index (κ1) is 11.5. The van der Waals surface area contributed by atoms with Gasteiger partial charge in [-0.3, -0.25) is 0 Å². The van der Waals surface area contributed by atoms with Gasteiger partial charge in [0.2, 0.25) is 0 Å². The minimum atomic E-state index is 0.444. The van der Waals surface area contributed by atoms with Crippen LogP contribution in [0.2, 0.25) is 0 Å². The average molecular weight is 225 g/mol. The van der Waals surface area contributed by atoms with Crippen molar-refractivity contribution in [2.75, 3.05) is 13.2 Å². The van der Waals surface area contributed by atoms with Crippen molar-refractivity contribution in [1.82, 2.24) is 25.5 Å². The van der Waals surface area contributed by atoms with E-state index in [4.69, 9.17) is 4.74 Å². The molecular weight excluding hydrogens is 206 g/mol. The highest BCUT2D eigenvalue weighted by atomic mass is 16.5. The summed E-state index contributed by atoms with van der Waals surface area (Å²) in [6, 6.07) is 0.444. The predicted octanol–water partition coefficient (Wildman–Crippen LogP) is 0.208. The van der Waals surface area contributed by atoms with Gasteiger partial charge in [0.1, 0.15) is 0 Å². The number of hydrogen-bond donors (Lipinski definition) is 1. The standard InChI is InChI=1S/C10H19N5O/c1-8(2)11-5-10-12-13-14-15(10)6-9-3-4-16-7-9/h8-9,11H,3-7H2,1-2H3. The van der Waals surface area contributed by atoms with Gasteiger partial charge in [-0.15, -0.1) is 5.10 Å². The van der Waals surface area contributed by atoms with E-state index in [1.165, 1.54) is 0 Å². The van der Waals surface area contributed by atoms with Crippen LogP contribution in [0.4, 0.5) is 0 Å². The van der Waals surface area contributed by atoms with Crippen molar-refractivity contribution < 1.29 is 4.74 Å². The minimum absolute atomic E-state index is 0.444. The molecule has 1 aromatic heterocycles. The molecule has 1 N–H and O–H groups in total. The number of rotatable bonds is 5. The summed E-state index contributed by atoms with van der Waals surface area (Å²) in [5.74, 6) is 1.46. The van der Waals surface area contributed by atoms with Crippen molar-refractivity contribution in [2.24, 2.45) is 5.92 Å². The molecule has 2 rings (SSSR count). The number of aromatic nitrogens is 4. The van der Waals surface area contributed by atoms with E-state index in [0.29, 0.717) is 12.0 Å². The Hall–Kier alpha value is -1.01. The number of nitrogens with zero attached hydrogens (tertiary/aromatic N) is 4. The molecule has 1 saturated heterocycles. The second kappa shape index (κ2) is 5.36. The summed E-state index contributed by atoms with van der Waals surface area (Å²) in [7, 11) is 0. The fourth-order valence-electron chi connectivity index (χ4n) is 1.76. The summed E-state index contributed by atoms with van der Waals surface area (Å²) in [6.45, 7) is 7.50. The molecule has 1 unspecified atom stereocenters. The van der Waals surface area contributed by atoms with Gasteiger partial charge in [-0.1, -0.05) is 13.8 Å². The Morgan fingerprint density at radius 3 is 3.12 bits per heavy atom. The summed E-state index contributed by atoms with van der Waals surface area (Å²) < 4.78 is 7.23. The van der Waals surface area contributed by atoms with Gasteiger partial charge in [0, 0.05) is 25.1 Å². The molecule has 16 heavy (non-hydrogen) atoms. The van der Waals surface area contributed by atoms with Crippen molar-refractivity contribution in [3.63, 3.8) is 0 Å². The monoisotopic (exact) mass is 225 g/mol. The lowest BCUT2D eigenvalue weighted by atomic mass is 10.1. The van der Waals surface area contributed by atoms with Crippen molar-refractivity contribution in [1.29, 1.82) is 0 Å². The third-order valence-electron chi connectivity index (χ3n) is 2.73. The molecule has 0 amide bonds. The largest absolute Gasteiger partial charge is 0.381 e. The molecule has 0 aliphatic carbocycles. The smallest absolute Gasteiger partial charge is 0.165 e. The zero-order valence-electron chi connectivity index (χ0n) is 9.89. The van der Waals surface area contributed by atoms with Crippen molar-refractivity contribution in [2.45, 2.75) is 39.4 Å². The van der Waals surface area contributed by atoms with Gasteiger partial charge >= 0.3 is 0 Å². The van der Waals surface area contributed by atoms with E-state index >= 15 is 0 Å². The summed E-state index contributed by atoms with van der Waals surface area (Å²) in [5.41, 5.74) is 0.